The monoisotopic (exact) mass is 242 g/mol. The topological polar surface area (TPSA) is 62.2 Å². The van der Waals surface area contributed by atoms with Crippen molar-refractivity contribution in [2.24, 2.45) is 0 Å². The van der Waals surface area contributed by atoms with Crippen LogP contribution in [0.4, 0.5) is 0 Å². The number of nitrogens with one attached hydrogen (secondary N) is 1. The summed E-state index contributed by atoms with van der Waals surface area (Å²) < 4.78 is 0. The smallest absolute Gasteiger partial charge is 0.224 e. The first-order valence-corrected chi connectivity index (χ1v) is 5.67. The van der Waals surface area contributed by atoms with E-state index >= 15 is 0 Å². The third-order valence-electron chi connectivity index (χ3n) is 2.51. The van der Waals surface area contributed by atoms with Crippen molar-refractivity contribution >= 4 is 5.91 Å². The number of benzene rings is 1. The van der Waals surface area contributed by atoms with Gasteiger partial charge in [-0.15, -0.1) is 0 Å². The number of aromatic hydroxyl groups is 1. The van der Waals surface area contributed by atoms with Gasteiger partial charge in [0.05, 0.1) is 6.42 Å². The van der Waals surface area contributed by atoms with Crippen LogP contribution in [-0.4, -0.2) is 16.0 Å². The normalized spacial score (nSPS) is 10.0. The van der Waals surface area contributed by atoms with Gasteiger partial charge in [-0.2, -0.15) is 0 Å². The van der Waals surface area contributed by atoms with Gasteiger partial charge in [0.2, 0.25) is 5.91 Å². The van der Waals surface area contributed by atoms with E-state index in [-0.39, 0.29) is 11.7 Å². The van der Waals surface area contributed by atoms with Crippen molar-refractivity contribution in [3.63, 3.8) is 0 Å². The van der Waals surface area contributed by atoms with Gasteiger partial charge in [-0.25, -0.2) is 0 Å². The Morgan fingerprint density at radius 3 is 2.61 bits per heavy atom. The number of carbonyl (C=O) groups excluding carboxylic acids is 1. The molecule has 1 aromatic heterocycles. The highest BCUT2D eigenvalue weighted by Gasteiger charge is 2.03. The van der Waals surface area contributed by atoms with Crippen LogP contribution in [0.2, 0.25) is 0 Å². The SMILES string of the molecule is O=C(Cc1ccc(O)cc1)NCc1cccnc1. The van der Waals surface area contributed by atoms with E-state index in [4.69, 9.17) is 5.11 Å². The third-order valence-corrected chi connectivity index (χ3v) is 2.51. The maximum atomic E-state index is 11.7. The van der Waals surface area contributed by atoms with Gasteiger partial charge < -0.3 is 10.4 Å². The summed E-state index contributed by atoms with van der Waals surface area (Å²) in [5, 5.41) is 12.0. The van der Waals surface area contributed by atoms with E-state index in [2.05, 4.69) is 10.3 Å². The molecule has 0 aliphatic rings. The van der Waals surface area contributed by atoms with Crippen molar-refractivity contribution in [3.8, 4) is 5.75 Å². The molecule has 1 aromatic carbocycles. The predicted molar refractivity (Wildman–Crippen MR) is 67.9 cm³/mol. The molecule has 2 rings (SSSR count). The van der Waals surface area contributed by atoms with E-state index in [9.17, 15) is 4.79 Å². The summed E-state index contributed by atoms with van der Waals surface area (Å²) in [7, 11) is 0. The lowest BCUT2D eigenvalue weighted by Gasteiger charge is -2.05. The molecule has 2 N–H and O–H groups in total. The van der Waals surface area contributed by atoms with E-state index in [1.54, 1.807) is 36.7 Å². The van der Waals surface area contributed by atoms with Crippen LogP contribution >= 0.6 is 0 Å². The number of phenols is 1. The van der Waals surface area contributed by atoms with Gasteiger partial charge in [-0.1, -0.05) is 18.2 Å². The summed E-state index contributed by atoms with van der Waals surface area (Å²) in [4.78, 5) is 15.7. The molecule has 18 heavy (non-hydrogen) atoms. The molecule has 0 spiro atoms. The number of amides is 1. The standard InChI is InChI=1S/C14H14N2O2/c17-13-5-3-11(4-6-13)8-14(18)16-10-12-2-1-7-15-9-12/h1-7,9,17H,8,10H2,(H,16,18). The number of phenolic OH excluding ortho intramolecular Hbond substituents is 1. The second-order valence-electron chi connectivity index (χ2n) is 3.98. The van der Waals surface area contributed by atoms with Gasteiger partial charge in [-0.05, 0) is 29.3 Å². The van der Waals surface area contributed by atoms with Gasteiger partial charge in [-0.3, -0.25) is 9.78 Å². The summed E-state index contributed by atoms with van der Waals surface area (Å²) >= 11 is 0. The number of aromatic nitrogens is 1. The Hall–Kier alpha value is -2.36. The number of nitrogens with zero attached hydrogens (tertiary/aromatic N) is 1. The predicted octanol–water partition coefficient (Wildman–Crippen LogP) is 1.65. The molecule has 0 aliphatic heterocycles. The minimum Gasteiger partial charge on any atom is -0.508 e. The average molecular weight is 242 g/mol. The molecule has 2 aromatic rings. The van der Waals surface area contributed by atoms with Gasteiger partial charge in [0.1, 0.15) is 5.75 Å². The highest BCUT2D eigenvalue weighted by atomic mass is 16.3. The molecule has 92 valence electrons. The molecule has 0 unspecified atom stereocenters. The van der Waals surface area contributed by atoms with Crippen molar-refractivity contribution in [2.45, 2.75) is 13.0 Å². The zero-order valence-corrected chi connectivity index (χ0v) is 9.84. The fraction of sp³-hybridized carbons (Fsp3) is 0.143. The summed E-state index contributed by atoms with van der Waals surface area (Å²) in [6.07, 6.45) is 3.73. The minimum atomic E-state index is -0.0513. The number of pyridine rings is 1. The number of carbonyl (C=O) groups is 1. The van der Waals surface area contributed by atoms with Crippen LogP contribution < -0.4 is 5.32 Å². The van der Waals surface area contributed by atoms with E-state index in [0.717, 1.165) is 11.1 Å². The molecule has 0 saturated heterocycles. The van der Waals surface area contributed by atoms with Gasteiger partial charge in [0, 0.05) is 18.9 Å². The Morgan fingerprint density at radius 1 is 1.17 bits per heavy atom. The van der Waals surface area contributed by atoms with E-state index < -0.39 is 0 Å². The fourth-order valence-electron chi connectivity index (χ4n) is 1.57. The molecule has 0 saturated carbocycles. The molecule has 4 heteroatoms. The van der Waals surface area contributed by atoms with Crippen LogP contribution in [0, 0.1) is 0 Å². The molecular weight excluding hydrogens is 228 g/mol. The maximum absolute atomic E-state index is 11.7. The Kier molecular flexibility index (Phi) is 3.91. The fourth-order valence-corrected chi connectivity index (χ4v) is 1.57. The Labute approximate surface area is 105 Å². The number of rotatable bonds is 4. The van der Waals surface area contributed by atoms with Gasteiger partial charge >= 0.3 is 0 Å². The average Bonchev–Trinajstić information content (AvgIpc) is 2.40. The highest BCUT2D eigenvalue weighted by molar-refractivity contribution is 5.78. The third kappa shape index (κ3) is 3.59. The van der Waals surface area contributed by atoms with Crippen molar-refractivity contribution in [2.75, 3.05) is 0 Å². The Bertz CT molecular complexity index is 509. The summed E-state index contributed by atoms with van der Waals surface area (Å²) in [5.74, 6) is 0.152. The van der Waals surface area contributed by atoms with Gasteiger partial charge in [0.25, 0.3) is 0 Å². The molecular formula is C14H14N2O2. The molecule has 0 bridgehead atoms. The lowest BCUT2D eigenvalue weighted by atomic mass is 10.1. The van der Waals surface area contributed by atoms with Crippen LogP contribution in [0.3, 0.4) is 0 Å². The zero-order valence-electron chi connectivity index (χ0n) is 9.84. The first-order valence-electron chi connectivity index (χ1n) is 5.67. The molecule has 0 fully saturated rings. The lowest BCUT2D eigenvalue weighted by molar-refractivity contribution is -0.120. The first-order chi connectivity index (χ1) is 8.74. The molecule has 1 amide bonds. The van der Waals surface area contributed by atoms with Crippen LogP contribution in [0.5, 0.6) is 5.75 Å². The summed E-state index contributed by atoms with van der Waals surface area (Å²) in [6, 6.07) is 10.4. The minimum absolute atomic E-state index is 0.0513. The first kappa shape index (κ1) is 12.1. The van der Waals surface area contributed by atoms with Crippen LogP contribution in [0.1, 0.15) is 11.1 Å². The van der Waals surface area contributed by atoms with Crippen molar-refractivity contribution < 1.29 is 9.90 Å². The van der Waals surface area contributed by atoms with E-state index in [0.29, 0.717) is 13.0 Å². The maximum Gasteiger partial charge on any atom is 0.224 e. The van der Waals surface area contributed by atoms with Crippen molar-refractivity contribution in [1.29, 1.82) is 0 Å². The molecule has 0 atom stereocenters. The van der Waals surface area contributed by atoms with Crippen molar-refractivity contribution in [1.82, 2.24) is 10.3 Å². The van der Waals surface area contributed by atoms with E-state index in [1.165, 1.54) is 0 Å². The highest BCUT2D eigenvalue weighted by Crippen LogP contribution is 2.09. The number of hydrogen-bond acceptors (Lipinski definition) is 3. The van der Waals surface area contributed by atoms with Crippen LogP contribution in [0.15, 0.2) is 48.8 Å². The van der Waals surface area contributed by atoms with Crippen molar-refractivity contribution in [3.05, 3.63) is 59.9 Å². The molecule has 1 heterocycles. The zero-order chi connectivity index (χ0) is 12.8. The Morgan fingerprint density at radius 2 is 1.94 bits per heavy atom. The molecule has 0 radical (unpaired) electrons. The van der Waals surface area contributed by atoms with Crippen LogP contribution in [0.25, 0.3) is 0 Å². The summed E-state index contributed by atoms with van der Waals surface area (Å²) in [6.45, 7) is 0.477. The summed E-state index contributed by atoms with van der Waals surface area (Å²) in [5.41, 5.74) is 1.84. The quantitative estimate of drug-likeness (QED) is 0.856. The molecule has 4 nitrogen and oxygen atoms in total. The second-order valence-corrected chi connectivity index (χ2v) is 3.98. The lowest BCUT2D eigenvalue weighted by Crippen LogP contribution is -2.24. The van der Waals surface area contributed by atoms with E-state index in [1.807, 2.05) is 12.1 Å². The molecule has 0 aliphatic carbocycles. The van der Waals surface area contributed by atoms with Gasteiger partial charge in [0.15, 0.2) is 0 Å². The number of hydrogen-bond donors (Lipinski definition) is 2. The largest absolute Gasteiger partial charge is 0.508 e. The second kappa shape index (κ2) is 5.82. The van der Waals surface area contributed by atoms with Crippen LogP contribution in [-0.2, 0) is 17.8 Å². The Balaban J connectivity index is 1.84.